The van der Waals surface area contributed by atoms with E-state index in [1.165, 1.54) is 5.56 Å². The fourth-order valence-electron chi connectivity index (χ4n) is 2.56. The number of amides is 2. The molecule has 0 heterocycles. The molecule has 0 saturated carbocycles. The first kappa shape index (κ1) is 20.5. The van der Waals surface area contributed by atoms with Crippen molar-refractivity contribution in [2.45, 2.75) is 46.0 Å². The van der Waals surface area contributed by atoms with Gasteiger partial charge in [-0.25, -0.2) is 0 Å². The number of hydrogen-bond donors (Lipinski definition) is 2. The average Bonchev–Trinajstić information content (AvgIpc) is 2.65. The summed E-state index contributed by atoms with van der Waals surface area (Å²) in [6, 6.07) is 15.1. The second-order valence-electron chi connectivity index (χ2n) is 7.41. The van der Waals surface area contributed by atoms with E-state index in [0.29, 0.717) is 30.8 Å². The fraction of sp³-hybridized carbons (Fsp3) is 0.364. The zero-order chi connectivity index (χ0) is 19.9. The van der Waals surface area contributed by atoms with Crippen LogP contribution in [-0.2, 0) is 16.6 Å². The molecule has 0 aromatic heterocycles. The highest BCUT2D eigenvalue weighted by Crippen LogP contribution is 2.22. The van der Waals surface area contributed by atoms with E-state index in [-0.39, 0.29) is 17.2 Å². The molecule has 0 unspecified atom stereocenters. The minimum absolute atomic E-state index is 0.112. The topological polar surface area (TPSA) is 67.4 Å². The maximum atomic E-state index is 12.1. The Morgan fingerprint density at radius 1 is 0.926 bits per heavy atom. The van der Waals surface area contributed by atoms with Crippen LogP contribution in [0.4, 0.5) is 0 Å². The standard InChI is InChI=1S/C22H28N2O3/c1-5-27-19-13-9-17(10-14-19)21(26)24-23-20(25)15-8-16-6-11-18(12-7-16)22(2,3)4/h6-7,9-14H,5,8,15H2,1-4H3,(H,23,25)(H,24,26). The van der Waals surface area contributed by atoms with Crippen LogP contribution < -0.4 is 15.6 Å². The van der Waals surface area contributed by atoms with Crippen molar-refractivity contribution < 1.29 is 14.3 Å². The van der Waals surface area contributed by atoms with Gasteiger partial charge in [-0.1, -0.05) is 45.0 Å². The third-order valence-electron chi connectivity index (χ3n) is 4.20. The number of nitrogens with one attached hydrogen (secondary N) is 2. The van der Waals surface area contributed by atoms with Gasteiger partial charge in [0.2, 0.25) is 5.91 Å². The zero-order valence-corrected chi connectivity index (χ0v) is 16.5. The van der Waals surface area contributed by atoms with Gasteiger partial charge >= 0.3 is 0 Å². The van der Waals surface area contributed by atoms with Gasteiger partial charge in [0.15, 0.2) is 0 Å². The van der Waals surface area contributed by atoms with Crippen LogP contribution in [0.1, 0.15) is 55.6 Å². The molecule has 0 aliphatic heterocycles. The molecule has 2 aromatic rings. The summed E-state index contributed by atoms with van der Waals surface area (Å²) in [4.78, 5) is 24.0. The van der Waals surface area contributed by atoms with Crippen molar-refractivity contribution >= 4 is 11.8 Å². The van der Waals surface area contributed by atoms with Crippen LogP contribution in [0.15, 0.2) is 48.5 Å². The van der Waals surface area contributed by atoms with Crippen LogP contribution in [0, 0.1) is 0 Å². The Morgan fingerprint density at radius 2 is 1.56 bits per heavy atom. The normalized spacial score (nSPS) is 11.0. The third-order valence-corrected chi connectivity index (χ3v) is 4.20. The van der Waals surface area contributed by atoms with Crippen molar-refractivity contribution in [2.24, 2.45) is 0 Å². The number of hydrazine groups is 1. The number of carbonyl (C=O) groups excluding carboxylic acids is 2. The van der Waals surface area contributed by atoms with Crippen molar-refractivity contribution in [3.05, 3.63) is 65.2 Å². The van der Waals surface area contributed by atoms with Gasteiger partial charge in [0, 0.05) is 12.0 Å². The molecule has 0 aliphatic rings. The summed E-state index contributed by atoms with van der Waals surface area (Å²) in [6.45, 7) is 8.98. The van der Waals surface area contributed by atoms with E-state index in [9.17, 15) is 9.59 Å². The van der Waals surface area contributed by atoms with Crippen LogP contribution in [0.25, 0.3) is 0 Å². The molecule has 0 bridgehead atoms. The van der Waals surface area contributed by atoms with Crippen molar-refractivity contribution in [3.63, 3.8) is 0 Å². The molecule has 5 nitrogen and oxygen atoms in total. The van der Waals surface area contributed by atoms with E-state index in [2.05, 4.69) is 43.8 Å². The highest BCUT2D eigenvalue weighted by Gasteiger charge is 2.13. The summed E-state index contributed by atoms with van der Waals surface area (Å²) in [5.74, 6) is 0.116. The van der Waals surface area contributed by atoms with E-state index < -0.39 is 0 Å². The highest BCUT2D eigenvalue weighted by molar-refractivity contribution is 5.95. The molecule has 0 saturated heterocycles. The molecular weight excluding hydrogens is 340 g/mol. The summed E-state index contributed by atoms with van der Waals surface area (Å²) in [7, 11) is 0. The van der Waals surface area contributed by atoms with Gasteiger partial charge in [-0.3, -0.25) is 20.4 Å². The minimum atomic E-state index is -0.360. The van der Waals surface area contributed by atoms with Crippen molar-refractivity contribution in [1.82, 2.24) is 10.9 Å². The van der Waals surface area contributed by atoms with Gasteiger partial charge < -0.3 is 4.74 Å². The van der Waals surface area contributed by atoms with Crippen molar-refractivity contribution in [3.8, 4) is 5.75 Å². The molecule has 0 radical (unpaired) electrons. The number of rotatable bonds is 6. The fourth-order valence-corrected chi connectivity index (χ4v) is 2.56. The third kappa shape index (κ3) is 6.44. The largest absolute Gasteiger partial charge is 0.494 e. The molecule has 0 aliphatic carbocycles. The van der Waals surface area contributed by atoms with Gasteiger partial charge in [-0.15, -0.1) is 0 Å². The molecule has 27 heavy (non-hydrogen) atoms. The van der Waals surface area contributed by atoms with Crippen LogP contribution in [0.3, 0.4) is 0 Å². The van der Waals surface area contributed by atoms with E-state index >= 15 is 0 Å². The second kappa shape index (κ2) is 9.21. The molecule has 0 atom stereocenters. The maximum Gasteiger partial charge on any atom is 0.269 e. The average molecular weight is 368 g/mol. The van der Waals surface area contributed by atoms with Gasteiger partial charge in [-0.2, -0.15) is 0 Å². The lowest BCUT2D eigenvalue weighted by Gasteiger charge is -2.19. The lowest BCUT2D eigenvalue weighted by atomic mass is 9.86. The predicted octanol–water partition coefficient (Wildman–Crippen LogP) is 3.78. The van der Waals surface area contributed by atoms with Crippen LogP contribution in [-0.4, -0.2) is 18.4 Å². The predicted molar refractivity (Wildman–Crippen MR) is 107 cm³/mol. The Labute approximate surface area is 161 Å². The van der Waals surface area contributed by atoms with Gasteiger partial charge in [0.05, 0.1) is 6.61 Å². The lowest BCUT2D eigenvalue weighted by Crippen LogP contribution is -2.41. The van der Waals surface area contributed by atoms with Gasteiger partial charge in [0.25, 0.3) is 5.91 Å². The number of benzene rings is 2. The first-order valence-electron chi connectivity index (χ1n) is 9.21. The van der Waals surface area contributed by atoms with Crippen LogP contribution >= 0.6 is 0 Å². The Balaban J connectivity index is 1.78. The van der Waals surface area contributed by atoms with E-state index in [4.69, 9.17) is 4.74 Å². The molecule has 5 heteroatoms. The number of carbonyl (C=O) groups is 2. The van der Waals surface area contributed by atoms with Crippen molar-refractivity contribution in [2.75, 3.05) is 6.61 Å². The molecule has 144 valence electrons. The summed E-state index contributed by atoms with van der Waals surface area (Å²) in [5.41, 5.74) is 7.82. The second-order valence-corrected chi connectivity index (χ2v) is 7.41. The van der Waals surface area contributed by atoms with E-state index in [1.807, 2.05) is 19.1 Å². The molecule has 2 N–H and O–H groups in total. The quantitative estimate of drug-likeness (QED) is 0.763. The highest BCUT2D eigenvalue weighted by atomic mass is 16.5. The molecule has 0 fully saturated rings. The number of ether oxygens (including phenoxy) is 1. The van der Waals surface area contributed by atoms with Gasteiger partial charge in [0.1, 0.15) is 5.75 Å². The summed E-state index contributed by atoms with van der Waals surface area (Å²) in [6.07, 6.45) is 0.924. The Kier molecular flexibility index (Phi) is 6.99. The van der Waals surface area contributed by atoms with Crippen LogP contribution in [0.5, 0.6) is 5.75 Å². The van der Waals surface area contributed by atoms with Crippen molar-refractivity contribution in [1.29, 1.82) is 0 Å². The molecule has 2 aromatic carbocycles. The van der Waals surface area contributed by atoms with Gasteiger partial charge in [-0.05, 0) is 54.2 Å². The minimum Gasteiger partial charge on any atom is -0.494 e. The Bertz CT molecular complexity index is 760. The number of hydrogen-bond acceptors (Lipinski definition) is 3. The van der Waals surface area contributed by atoms with E-state index in [1.54, 1.807) is 24.3 Å². The number of aryl methyl sites for hydroxylation is 1. The first-order chi connectivity index (χ1) is 12.8. The zero-order valence-electron chi connectivity index (χ0n) is 16.5. The first-order valence-corrected chi connectivity index (χ1v) is 9.21. The monoisotopic (exact) mass is 368 g/mol. The maximum absolute atomic E-state index is 12.1. The summed E-state index contributed by atoms with van der Waals surface area (Å²) < 4.78 is 5.34. The SMILES string of the molecule is CCOc1ccc(C(=O)NNC(=O)CCc2ccc(C(C)(C)C)cc2)cc1. The van der Waals surface area contributed by atoms with E-state index in [0.717, 1.165) is 5.56 Å². The summed E-state index contributed by atoms with van der Waals surface area (Å²) in [5, 5.41) is 0. The summed E-state index contributed by atoms with van der Waals surface area (Å²) >= 11 is 0. The Hall–Kier alpha value is -2.82. The lowest BCUT2D eigenvalue weighted by molar-refractivity contribution is -0.121. The Morgan fingerprint density at radius 3 is 2.11 bits per heavy atom. The van der Waals surface area contributed by atoms with Crippen LogP contribution in [0.2, 0.25) is 0 Å². The molecular formula is C22H28N2O3. The molecule has 2 rings (SSSR count). The molecule has 0 spiro atoms. The molecule has 2 amide bonds. The smallest absolute Gasteiger partial charge is 0.269 e.